The summed E-state index contributed by atoms with van der Waals surface area (Å²) >= 11 is 0. The van der Waals surface area contributed by atoms with Crippen molar-refractivity contribution in [3.05, 3.63) is 83.9 Å². The van der Waals surface area contributed by atoms with Gasteiger partial charge >= 0.3 is 11.9 Å². The molecule has 3 aromatic rings. The Bertz CT molecular complexity index is 1340. The Morgan fingerprint density at radius 3 is 2.07 bits per heavy atom. The molecule has 3 aromatic carbocycles. The third kappa shape index (κ3) is 7.62. The van der Waals surface area contributed by atoms with Crippen molar-refractivity contribution in [1.82, 2.24) is 0 Å². The van der Waals surface area contributed by atoms with E-state index >= 15 is 0 Å². The van der Waals surface area contributed by atoms with Gasteiger partial charge in [0.1, 0.15) is 11.5 Å². The Balaban J connectivity index is 1.31. The number of nitriles is 1. The summed E-state index contributed by atoms with van der Waals surface area (Å²) in [5, 5.41) is 9.89. The monoisotopic (exact) mass is 553 g/mol. The lowest BCUT2D eigenvalue weighted by Gasteiger charge is -2.12. The highest BCUT2D eigenvalue weighted by Gasteiger charge is 2.55. The number of carbonyl (C=O) groups excluding carboxylic acids is 2. The number of esters is 2. The summed E-state index contributed by atoms with van der Waals surface area (Å²) in [7, 11) is 0. The molecule has 1 aliphatic rings. The minimum Gasteiger partial charge on any atom is -0.425 e. The van der Waals surface area contributed by atoms with Crippen molar-refractivity contribution >= 4 is 11.9 Å². The molecule has 1 saturated carbocycles. The quantitative estimate of drug-likeness (QED) is 0.114. The molecule has 0 radical (unpaired) electrons. The maximum atomic E-state index is 12.8. The first-order valence-electron chi connectivity index (χ1n) is 14.7. The molecule has 0 amide bonds. The standard InChI is InChI=1S/C35H39NO5/c1-4-6-7-8-9-30-23-35(30,24-36)29-16-20-32(21-17-29)41-34(38)28-12-10-26(11-13-28)27-14-18-31(19-15-27)40-33(37)25(3)39-22-5-2/h10-21,25,30H,4-9,22-23H2,1-3H3/t25-,30-,35-/m0/s1. The zero-order valence-corrected chi connectivity index (χ0v) is 24.2. The van der Waals surface area contributed by atoms with Crippen LogP contribution in [0.3, 0.4) is 0 Å². The van der Waals surface area contributed by atoms with Crippen molar-refractivity contribution in [2.24, 2.45) is 5.92 Å². The first-order chi connectivity index (χ1) is 19.9. The van der Waals surface area contributed by atoms with E-state index < -0.39 is 23.5 Å². The number of carbonyl (C=O) groups is 2. The lowest BCUT2D eigenvalue weighted by atomic mass is 9.93. The first kappa shape index (κ1) is 30.0. The van der Waals surface area contributed by atoms with Crippen LogP contribution in [-0.4, -0.2) is 24.6 Å². The molecule has 0 unspecified atom stereocenters. The van der Waals surface area contributed by atoms with Gasteiger partial charge in [-0.1, -0.05) is 75.9 Å². The molecule has 1 aliphatic carbocycles. The summed E-state index contributed by atoms with van der Waals surface area (Å²) in [6.07, 6.45) is 7.06. The molecule has 214 valence electrons. The molecule has 1 fully saturated rings. The molecule has 0 heterocycles. The van der Waals surface area contributed by atoms with E-state index in [0.717, 1.165) is 36.0 Å². The second-order valence-electron chi connectivity index (χ2n) is 10.8. The molecule has 0 aliphatic heterocycles. The molecule has 0 N–H and O–H groups in total. The van der Waals surface area contributed by atoms with E-state index in [9.17, 15) is 14.9 Å². The SMILES string of the molecule is CCCCCC[C@H]1C[C@]1(C#N)c1ccc(OC(=O)c2ccc(-c3ccc(OC(=O)[C@H](C)OCCC)cc3)cc2)cc1. The van der Waals surface area contributed by atoms with Crippen LogP contribution in [-0.2, 0) is 14.9 Å². The van der Waals surface area contributed by atoms with Crippen LogP contribution in [0.1, 0.15) is 81.6 Å². The summed E-state index contributed by atoms with van der Waals surface area (Å²) < 4.78 is 16.4. The average molecular weight is 554 g/mol. The van der Waals surface area contributed by atoms with Crippen LogP contribution in [0.25, 0.3) is 11.1 Å². The number of ether oxygens (including phenoxy) is 3. The van der Waals surface area contributed by atoms with Gasteiger partial charge in [0, 0.05) is 6.61 Å². The Hall–Kier alpha value is -3.95. The number of nitrogens with zero attached hydrogens (tertiary/aromatic N) is 1. The smallest absolute Gasteiger partial charge is 0.343 e. The van der Waals surface area contributed by atoms with Crippen LogP contribution in [0.2, 0.25) is 0 Å². The molecule has 3 atom stereocenters. The normalized spacial score (nSPS) is 18.2. The number of unbranched alkanes of at least 4 members (excludes halogenated alkanes) is 3. The summed E-state index contributed by atoms with van der Waals surface area (Å²) in [5.74, 6) is 0.442. The highest BCUT2D eigenvalue weighted by molar-refractivity contribution is 5.91. The van der Waals surface area contributed by atoms with E-state index in [4.69, 9.17) is 14.2 Å². The Labute approximate surface area is 243 Å². The fourth-order valence-corrected chi connectivity index (χ4v) is 5.11. The maximum absolute atomic E-state index is 12.8. The minimum absolute atomic E-state index is 0.397. The van der Waals surface area contributed by atoms with E-state index in [2.05, 4.69) is 13.0 Å². The molecule has 41 heavy (non-hydrogen) atoms. The van der Waals surface area contributed by atoms with Gasteiger partial charge in [0.05, 0.1) is 17.0 Å². The summed E-state index contributed by atoms with van der Waals surface area (Å²) in [5.41, 5.74) is 2.88. The molecule has 6 heteroatoms. The van der Waals surface area contributed by atoms with Crippen molar-refractivity contribution < 1.29 is 23.8 Å². The topological polar surface area (TPSA) is 85.6 Å². The van der Waals surface area contributed by atoms with Crippen molar-refractivity contribution in [1.29, 1.82) is 5.26 Å². The molecule has 0 aromatic heterocycles. The van der Waals surface area contributed by atoms with Crippen LogP contribution in [0.15, 0.2) is 72.8 Å². The molecule has 0 saturated heterocycles. The van der Waals surface area contributed by atoms with E-state index in [0.29, 0.717) is 29.6 Å². The Morgan fingerprint density at radius 1 is 0.854 bits per heavy atom. The van der Waals surface area contributed by atoms with E-state index in [1.165, 1.54) is 25.7 Å². The van der Waals surface area contributed by atoms with Crippen LogP contribution in [0.4, 0.5) is 0 Å². The van der Waals surface area contributed by atoms with Gasteiger partial charge in [-0.3, -0.25) is 0 Å². The Morgan fingerprint density at radius 2 is 1.46 bits per heavy atom. The van der Waals surface area contributed by atoms with Crippen molar-refractivity contribution in [2.75, 3.05) is 6.61 Å². The maximum Gasteiger partial charge on any atom is 0.343 e. The third-order valence-corrected chi connectivity index (χ3v) is 7.72. The zero-order valence-electron chi connectivity index (χ0n) is 24.2. The summed E-state index contributed by atoms with van der Waals surface area (Å²) in [6, 6.07) is 24.3. The van der Waals surface area contributed by atoms with Gasteiger partial charge in [0.2, 0.25) is 0 Å². The van der Waals surface area contributed by atoms with Crippen molar-refractivity contribution in [3.63, 3.8) is 0 Å². The van der Waals surface area contributed by atoms with Gasteiger partial charge in [-0.05, 0) is 85.2 Å². The summed E-state index contributed by atoms with van der Waals surface area (Å²) in [4.78, 5) is 24.9. The molecule has 0 spiro atoms. The van der Waals surface area contributed by atoms with Crippen molar-refractivity contribution in [3.8, 4) is 28.7 Å². The third-order valence-electron chi connectivity index (χ3n) is 7.72. The van der Waals surface area contributed by atoms with Gasteiger partial charge in [0.25, 0.3) is 0 Å². The van der Waals surface area contributed by atoms with E-state index in [1.54, 1.807) is 43.3 Å². The molecule has 0 bridgehead atoms. The van der Waals surface area contributed by atoms with Crippen molar-refractivity contribution in [2.45, 2.75) is 77.2 Å². The minimum atomic E-state index is -0.621. The summed E-state index contributed by atoms with van der Waals surface area (Å²) in [6.45, 7) is 6.37. The van der Waals surface area contributed by atoms with Gasteiger partial charge in [0.15, 0.2) is 6.10 Å². The number of rotatable bonds is 14. The predicted molar refractivity (Wildman–Crippen MR) is 159 cm³/mol. The van der Waals surface area contributed by atoms with Crippen LogP contribution < -0.4 is 9.47 Å². The van der Waals surface area contributed by atoms with Gasteiger partial charge in [-0.2, -0.15) is 5.26 Å². The second-order valence-corrected chi connectivity index (χ2v) is 10.8. The molecular weight excluding hydrogens is 514 g/mol. The molecule has 4 rings (SSSR count). The fraction of sp³-hybridized carbons (Fsp3) is 0.400. The van der Waals surface area contributed by atoms with Crippen LogP contribution in [0, 0.1) is 17.2 Å². The molecule has 6 nitrogen and oxygen atoms in total. The van der Waals surface area contributed by atoms with Gasteiger partial charge < -0.3 is 14.2 Å². The lowest BCUT2D eigenvalue weighted by Crippen LogP contribution is -2.26. The average Bonchev–Trinajstić information content (AvgIpc) is 3.73. The highest BCUT2D eigenvalue weighted by Crippen LogP contribution is 2.56. The van der Waals surface area contributed by atoms with E-state index in [1.807, 2.05) is 43.3 Å². The largest absolute Gasteiger partial charge is 0.425 e. The lowest BCUT2D eigenvalue weighted by molar-refractivity contribution is -0.146. The zero-order chi connectivity index (χ0) is 29.2. The van der Waals surface area contributed by atoms with Gasteiger partial charge in [-0.15, -0.1) is 0 Å². The van der Waals surface area contributed by atoms with E-state index in [-0.39, 0.29) is 0 Å². The number of benzene rings is 3. The van der Waals surface area contributed by atoms with Crippen LogP contribution >= 0.6 is 0 Å². The number of hydrogen-bond acceptors (Lipinski definition) is 6. The van der Waals surface area contributed by atoms with Gasteiger partial charge in [-0.25, -0.2) is 9.59 Å². The van der Waals surface area contributed by atoms with Crippen LogP contribution in [0.5, 0.6) is 11.5 Å². The predicted octanol–water partition coefficient (Wildman–Crippen LogP) is 8.04. The highest BCUT2D eigenvalue weighted by atomic mass is 16.6. The number of hydrogen-bond donors (Lipinski definition) is 0. The second kappa shape index (κ2) is 14.1. The molecular formula is C35H39NO5. The fourth-order valence-electron chi connectivity index (χ4n) is 5.11. The first-order valence-corrected chi connectivity index (χ1v) is 14.7. The Kier molecular flexibility index (Phi) is 10.3.